The van der Waals surface area contributed by atoms with E-state index >= 15 is 0 Å². The average molecular weight is 325 g/mol. The molecule has 0 saturated heterocycles. The van der Waals surface area contributed by atoms with Crippen LogP contribution in [-0.2, 0) is 4.74 Å². The van der Waals surface area contributed by atoms with Crippen molar-refractivity contribution in [2.45, 2.75) is 11.6 Å². The van der Waals surface area contributed by atoms with Gasteiger partial charge in [0.15, 0.2) is 0 Å². The first-order valence-corrected chi connectivity index (χ1v) is 7.61. The summed E-state index contributed by atoms with van der Waals surface area (Å²) in [5, 5.41) is 9.35. The molecule has 0 saturated carbocycles. The van der Waals surface area contributed by atoms with Crippen LogP contribution in [0.25, 0.3) is 22.4 Å². The summed E-state index contributed by atoms with van der Waals surface area (Å²) in [6.07, 6.45) is -0.625. The Morgan fingerprint density at radius 1 is 1.27 bits per heavy atom. The van der Waals surface area contributed by atoms with Gasteiger partial charge in [-0.1, -0.05) is 30.0 Å². The highest BCUT2D eigenvalue weighted by Crippen LogP contribution is 2.29. The van der Waals surface area contributed by atoms with E-state index in [4.69, 9.17) is 9.15 Å². The summed E-state index contributed by atoms with van der Waals surface area (Å²) in [7, 11) is 0. The zero-order valence-corrected chi connectivity index (χ0v) is 12.3. The molecule has 3 aromatic rings. The second-order valence-corrected chi connectivity index (χ2v) is 5.48. The maximum atomic E-state index is 11.9. The van der Waals surface area contributed by atoms with E-state index in [2.05, 4.69) is 15.2 Å². The lowest BCUT2D eigenvalue weighted by Crippen LogP contribution is -2.06. The molecule has 0 aliphatic rings. The molecule has 0 atom stereocenters. The van der Waals surface area contributed by atoms with Crippen LogP contribution in [0.5, 0.6) is 0 Å². The van der Waals surface area contributed by atoms with E-state index in [1.807, 2.05) is 30.5 Å². The number of fused-ring (bicyclic) bond motifs is 1. The number of hydrogen-bond donors (Lipinski definition) is 1. The van der Waals surface area contributed by atoms with Gasteiger partial charge in [-0.2, -0.15) is 0 Å². The summed E-state index contributed by atoms with van der Waals surface area (Å²) >= 11 is 1.28. The molecular weight excluding hydrogens is 312 g/mol. The molecule has 1 aromatic carbocycles. The van der Waals surface area contributed by atoms with Crippen molar-refractivity contribution < 1.29 is 17.9 Å². The molecule has 22 heavy (non-hydrogen) atoms. The highest BCUT2D eigenvalue weighted by Gasteiger charge is 2.13. The second kappa shape index (κ2) is 6.89. The predicted octanol–water partition coefficient (Wildman–Crippen LogP) is 3.59. The third kappa shape index (κ3) is 3.45. The zero-order valence-electron chi connectivity index (χ0n) is 11.5. The van der Waals surface area contributed by atoms with Gasteiger partial charge in [0, 0.05) is 22.9 Å². The molecule has 116 valence electrons. The average Bonchev–Trinajstić information content (AvgIpc) is 3.12. The third-order valence-corrected chi connectivity index (χ3v) is 3.71. The van der Waals surface area contributed by atoms with Crippen LogP contribution in [0.15, 0.2) is 40.1 Å². The van der Waals surface area contributed by atoms with E-state index in [1.165, 1.54) is 11.8 Å². The SMILES string of the molecule is FC(F)COCCSc1nnc(-c2c[nH]c3ccccc23)o1. The molecular formula is C14H13F2N3O2S. The topological polar surface area (TPSA) is 63.9 Å². The Morgan fingerprint density at radius 3 is 3.00 bits per heavy atom. The Balaban J connectivity index is 1.62. The Labute approximate surface area is 129 Å². The highest BCUT2D eigenvalue weighted by atomic mass is 32.2. The molecule has 0 spiro atoms. The Kier molecular flexibility index (Phi) is 4.69. The zero-order chi connectivity index (χ0) is 15.4. The van der Waals surface area contributed by atoms with Gasteiger partial charge < -0.3 is 14.1 Å². The van der Waals surface area contributed by atoms with Crippen LogP contribution in [0.3, 0.4) is 0 Å². The first-order valence-electron chi connectivity index (χ1n) is 6.62. The lowest BCUT2D eigenvalue weighted by atomic mass is 10.2. The number of H-pyrrole nitrogens is 1. The first kappa shape index (κ1) is 15.0. The van der Waals surface area contributed by atoms with Crippen molar-refractivity contribution in [2.75, 3.05) is 19.0 Å². The van der Waals surface area contributed by atoms with Gasteiger partial charge in [0.2, 0.25) is 0 Å². The van der Waals surface area contributed by atoms with Gasteiger partial charge in [0.05, 0.1) is 12.2 Å². The molecule has 5 nitrogen and oxygen atoms in total. The number of aromatic nitrogens is 3. The molecule has 0 fully saturated rings. The van der Waals surface area contributed by atoms with E-state index in [0.29, 0.717) is 16.9 Å². The van der Waals surface area contributed by atoms with E-state index < -0.39 is 13.0 Å². The number of nitrogens with zero attached hydrogens (tertiary/aromatic N) is 2. The molecule has 0 radical (unpaired) electrons. The smallest absolute Gasteiger partial charge is 0.276 e. The number of alkyl halides is 2. The molecule has 2 aromatic heterocycles. The summed E-state index contributed by atoms with van der Waals surface area (Å²) < 4.78 is 34.2. The number of benzene rings is 1. The molecule has 0 bridgehead atoms. The van der Waals surface area contributed by atoms with E-state index in [9.17, 15) is 8.78 Å². The van der Waals surface area contributed by atoms with Crippen molar-refractivity contribution in [3.05, 3.63) is 30.5 Å². The minimum absolute atomic E-state index is 0.208. The molecule has 0 unspecified atom stereocenters. The summed E-state index contributed by atoms with van der Waals surface area (Å²) in [6.45, 7) is -0.342. The van der Waals surface area contributed by atoms with Crippen LogP contribution in [0.2, 0.25) is 0 Å². The van der Waals surface area contributed by atoms with Crippen LogP contribution in [0, 0.1) is 0 Å². The van der Waals surface area contributed by atoms with Gasteiger partial charge in [-0.05, 0) is 6.07 Å². The number of halogens is 2. The van der Waals surface area contributed by atoms with Crippen molar-refractivity contribution in [2.24, 2.45) is 0 Å². The van der Waals surface area contributed by atoms with Gasteiger partial charge in [-0.25, -0.2) is 8.78 Å². The molecule has 0 aliphatic heterocycles. The van der Waals surface area contributed by atoms with E-state index in [0.717, 1.165) is 16.5 Å². The van der Waals surface area contributed by atoms with Crippen molar-refractivity contribution in [1.29, 1.82) is 0 Å². The van der Waals surface area contributed by atoms with Crippen LogP contribution >= 0.6 is 11.8 Å². The fourth-order valence-corrected chi connectivity index (χ4v) is 2.60. The number of aromatic amines is 1. The summed E-state index contributed by atoms with van der Waals surface area (Å²) in [5.41, 5.74) is 1.83. The largest absolute Gasteiger partial charge is 0.411 e. The van der Waals surface area contributed by atoms with Gasteiger partial charge in [-0.3, -0.25) is 0 Å². The summed E-state index contributed by atoms with van der Waals surface area (Å²) in [5.74, 6) is 0.899. The van der Waals surface area contributed by atoms with E-state index in [-0.39, 0.29) is 6.61 Å². The van der Waals surface area contributed by atoms with Crippen molar-refractivity contribution in [3.8, 4) is 11.5 Å². The van der Waals surface area contributed by atoms with Crippen LogP contribution in [0.4, 0.5) is 8.78 Å². The Bertz CT molecular complexity index is 744. The normalized spacial score (nSPS) is 11.6. The number of ether oxygens (including phenoxy) is 1. The maximum Gasteiger partial charge on any atom is 0.276 e. The van der Waals surface area contributed by atoms with Gasteiger partial charge >= 0.3 is 0 Å². The van der Waals surface area contributed by atoms with Crippen molar-refractivity contribution in [1.82, 2.24) is 15.2 Å². The summed E-state index contributed by atoms with van der Waals surface area (Å²) in [6, 6.07) is 7.81. The summed E-state index contributed by atoms with van der Waals surface area (Å²) in [4.78, 5) is 3.14. The van der Waals surface area contributed by atoms with Crippen LogP contribution < -0.4 is 0 Å². The molecule has 2 heterocycles. The predicted molar refractivity (Wildman–Crippen MR) is 79.1 cm³/mol. The van der Waals surface area contributed by atoms with Crippen molar-refractivity contribution in [3.63, 3.8) is 0 Å². The van der Waals surface area contributed by atoms with Crippen LogP contribution in [0.1, 0.15) is 0 Å². The second-order valence-electron chi connectivity index (χ2n) is 4.44. The molecule has 3 rings (SSSR count). The number of para-hydroxylation sites is 1. The highest BCUT2D eigenvalue weighted by molar-refractivity contribution is 7.99. The molecule has 8 heteroatoms. The number of rotatable bonds is 7. The minimum atomic E-state index is -2.44. The number of hydrogen-bond acceptors (Lipinski definition) is 5. The van der Waals surface area contributed by atoms with Gasteiger partial charge in [-0.15, -0.1) is 10.2 Å². The lowest BCUT2D eigenvalue weighted by Gasteiger charge is -2.00. The van der Waals surface area contributed by atoms with E-state index in [1.54, 1.807) is 0 Å². The van der Waals surface area contributed by atoms with Gasteiger partial charge in [0.25, 0.3) is 17.5 Å². The molecule has 1 N–H and O–H groups in total. The quantitative estimate of drug-likeness (QED) is 0.531. The molecule has 0 aliphatic carbocycles. The lowest BCUT2D eigenvalue weighted by molar-refractivity contribution is 0.0237. The number of thioether (sulfide) groups is 1. The first-order chi connectivity index (χ1) is 10.7. The standard InChI is InChI=1S/C14H13F2N3O2S/c15-12(16)8-20-5-6-22-14-19-18-13(21-14)10-7-17-11-4-2-1-3-9(10)11/h1-4,7,12,17H,5-6,8H2. The Morgan fingerprint density at radius 2 is 2.14 bits per heavy atom. The van der Waals surface area contributed by atoms with Crippen molar-refractivity contribution >= 4 is 22.7 Å². The third-order valence-electron chi connectivity index (χ3n) is 2.92. The number of nitrogens with one attached hydrogen (secondary N) is 1. The fraction of sp³-hybridized carbons (Fsp3) is 0.286. The Hall–Kier alpha value is -1.93. The van der Waals surface area contributed by atoms with Gasteiger partial charge in [0.1, 0.15) is 6.61 Å². The minimum Gasteiger partial charge on any atom is -0.411 e. The molecule has 0 amide bonds. The van der Waals surface area contributed by atoms with Crippen LogP contribution in [-0.4, -0.2) is 40.6 Å². The maximum absolute atomic E-state index is 11.9. The fourth-order valence-electron chi connectivity index (χ4n) is 1.99. The monoisotopic (exact) mass is 325 g/mol.